The third-order valence-corrected chi connectivity index (χ3v) is 7.04. The molecular weight excluding hydrogens is 437 g/mol. The topological polar surface area (TPSA) is 37.3 Å². The highest BCUT2D eigenvalue weighted by atomic mass is 19.1. The molecule has 5 heteroatoms. The molecule has 0 radical (unpaired) electrons. The second-order valence-electron chi connectivity index (χ2n) is 9.84. The molecule has 0 bridgehead atoms. The minimum absolute atomic E-state index is 0.0305. The van der Waals surface area contributed by atoms with E-state index >= 15 is 0 Å². The van der Waals surface area contributed by atoms with Gasteiger partial charge >= 0.3 is 0 Å². The van der Waals surface area contributed by atoms with Crippen molar-refractivity contribution in [3.63, 3.8) is 0 Å². The van der Waals surface area contributed by atoms with Crippen LogP contribution in [0.3, 0.4) is 0 Å². The van der Waals surface area contributed by atoms with Gasteiger partial charge in [-0.25, -0.2) is 4.39 Å². The lowest BCUT2D eigenvalue weighted by molar-refractivity contribution is -0.118. The van der Waals surface area contributed by atoms with E-state index in [0.717, 1.165) is 49.4 Å². The Morgan fingerprint density at radius 3 is 2.54 bits per heavy atom. The minimum Gasteiger partial charge on any atom is -0.326 e. The summed E-state index contributed by atoms with van der Waals surface area (Å²) in [6.45, 7) is 6.79. The van der Waals surface area contributed by atoms with Crippen molar-refractivity contribution in [3.05, 3.63) is 95.9 Å². The van der Waals surface area contributed by atoms with Crippen LogP contribution in [-0.2, 0) is 11.3 Å². The van der Waals surface area contributed by atoms with E-state index in [4.69, 9.17) is 0 Å². The number of carbonyl (C=O) groups excluding carboxylic acids is 1. The van der Waals surface area contributed by atoms with Crippen molar-refractivity contribution in [2.24, 2.45) is 5.92 Å². The van der Waals surface area contributed by atoms with Crippen LogP contribution in [0.25, 0.3) is 16.6 Å². The number of hydrogen-bond acceptors (Lipinski definition) is 2. The first-order chi connectivity index (χ1) is 17.0. The Bertz CT molecular complexity index is 1330. The SMILES string of the molecule is CC(C)C(=O)Nc1cccc(C2CCN(Cc3cccc4c3ccn4-c3cccc(F)c3)CC2)c1. The standard InChI is InChI=1S/C30H32FN3O/c1-21(2)30(35)32-26-9-3-6-23(18-26)22-12-15-33(16-13-22)20-24-7-4-11-29-28(24)14-17-34(29)27-10-5-8-25(31)19-27/h3-11,14,17-19,21-22H,12-13,15-16,20H2,1-2H3,(H,32,35). The van der Waals surface area contributed by atoms with Crippen LogP contribution in [0.5, 0.6) is 0 Å². The molecule has 0 atom stereocenters. The van der Waals surface area contributed by atoms with E-state index in [-0.39, 0.29) is 17.6 Å². The molecule has 180 valence electrons. The molecule has 0 saturated carbocycles. The maximum Gasteiger partial charge on any atom is 0.226 e. The van der Waals surface area contributed by atoms with Crippen LogP contribution in [0.15, 0.2) is 79.0 Å². The van der Waals surface area contributed by atoms with Crippen molar-refractivity contribution in [3.8, 4) is 5.69 Å². The van der Waals surface area contributed by atoms with E-state index in [0.29, 0.717) is 5.92 Å². The molecular formula is C30H32FN3O. The normalized spacial score (nSPS) is 15.1. The number of carbonyl (C=O) groups is 1. The fraction of sp³-hybridized carbons (Fsp3) is 0.300. The molecule has 1 aromatic heterocycles. The quantitative estimate of drug-likeness (QED) is 0.339. The highest BCUT2D eigenvalue weighted by Gasteiger charge is 2.22. The molecule has 1 fully saturated rings. The second kappa shape index (κ2) is 10.0. The van der Waals surface area contributed by atoms with Crippen LogP contribution in [0.4, 0.5) is 10.1 Å². The largest absolute Gasteiger partial charge is 0.326 e. The van der Waals surface area contributed by atoms with Crippen LogP contribution in [0, 0.1) is 11.7 Å². The van der Waals surface area contributed by atoms with Gasteiger partial charge in [0.25, 0.3) is 0 Å². The first-order valence-electron chi connectivity index (χ1n) is 12.5. The zero-order valence-corrected chi connectivity index (χ0v) is 20.4. The van der Waals surface area contributed by atoms with Gasteiger partial charge in [-0.1, -0.05) is 44.2 Å². The second-order valence-corrected chi connectivity index (χ2v) is 9.84. The zero-order valence-electron chi connectivity index (χ0n) is 20.4. The summed E-state index contributed by atoms with van der Waals surface area (Å²) < 4.78 is 15.8. The number of hydrogen-bond donors (Lipinski definition) is 1. The van der Waals surface area contributed by atoms with Crippen LogP contribution in [-0.4, -0.2) is 28.5 Å². The highest BCUT2D eigenvalue weighted by molar-refractivity contribution is 5.92. The van der Waals surface area contributed by atoms with Crippen LogP contribution >= 0.6 is 0 Å². The van der Waals surface area contributed by atoms with Crippen LogP contribution in [0.1, 0.15) is 43.7 Å². The summed E-state index contributed by atoms with van der Waals surface area (Å²) in [6.07, 6.45) is 4.23. The molecule has 2 heterocycles. The molecule has 3 aromatic carbocycles. The Balaban J connectivity index is 1.26. The highest BCUT2D eigenvalue weighted by Crippen LogP contribution is 2.31. The van der Waals surface area contributed by atoms with Crippen molar-refractivity contribution >= 4 is 22.5 Å². The number of fused-ring (bicyclic) bond motifs is 1. The Morgan fingerprint density at radius 2 is 1.77 bits per heavy atom. The van der Waals surface area contributed by atoms with Crippen LogP contribution < -0.4 is 5.32 Å². The van der Waals surface area contributed by atoms with Gasteiger partial charge in [0.1, 0.15) is 5.82 Å². The lowest BCUT2D eigenvalue weighted by Gasteiger charge is -2.32. The molecule has 0 aliphatic carbocycles. The number of anilines is 1. The van der Waals surface area contributed by atoms with E-state index in [1.165, 1.54) is 22.6 Å². The fourth-order valence-corrected chi connectivity index (χ4v) is 5.04. The van der Waals surface area contributed by atoms with Crippen molar-refractivity contribution in [2.45, 2.75) is 39.2 Å². The third kappa shape index (κ3) is 5.15. The molecule has 1 aliphatic rings. The van der Waals surface area contributed by atoms with E-state index < -0.39 is 0 Å². The van der Waals surface area contributed by atoms with Crippen molar-refractivity contribution in [1.29, 1.82) is 0 Å². The Kier molecular flexibility index (Phi) is 6.69. The molecule has 0 spiro atoms. The number of amides is 1. The molecule has 1 saturated heterocycles. The average molecular weight is 470 g/mol. The summed E-state index contributed by atoms with van der Waals surface area (Å²) in [5, 5.41) is 4.24. The Morgan fingerprint density at radius 1 is 1.00 bits per heavy atom. The Hall–Kier alpha value is -3.44. The smallest absolute Gasteiger partial charge is 0.226 e. The maximum absolute atomic E-state index is 13.8. The predicted molar refractivity (Wildman–Crippen MR) is 140 cm³/mol. The number of benzene rings is 3. The number of aromatic nitrogens is 1. The third-order valence-electron chi connectivity index (χ3n) is 7.04. The summed E-state index contributed by atoms with van der Waals surface area (Å²) in [5.41, 5.74) is 5.43. The number of halogens is 1. The predicted octanol–water partition coefficient (Wildman–Crippen LogP) is 6.74. The molecule has 5 rings (SSSR count). The van der Waals surface area contributed by atoms with Gasteiger partial charge in [-0.05, 0) is 85.4 Å². The van der Waals surface area contributed by atoms with Gasteiger partial charge in [0, 0.05) is 35.4 Å². The monoisotopic (exact) mass is 469 g/mol. The van der Waals surface area contributed by atoms with Gasteiger partial charge in [0.05, 0.1) is 5.52 Å². The first-order valence-corrected chi connectivity index (χ1v) is 12.5. The summed E-state index contributed by atoms with van der Waals surface area (Å²) in [6, 6.07) is 23.6. The summed E-state index contributed by atoms with van der Waals surface area (Å²) in [4.78, 5) is 14.6. The number of likely N-dealkylation sites (tertiary alicyclic amines) is 1. The minimum atomic E-state index is -0.226. The van der Waals surface area contributed by atoms with E-state index in [1.807, 2.05) is 38.2 Å². The zero-order chi connectivity index (χ0) is 24.4. The maximum atomic E-state index is 13.8. The van der Waals surface area contributed by atoms with Gasteiger partial charge in [-0.2, -0.15) is 0 Å². The van der Waals surface area contributed by atoms with Crippen molar-refractivity contribution in [2.75, 3.05) is 18.4 Å². The average Bonchev–Trinajstić information content (AvgIpc) is 3.30. The van der Waals surface area contributed by atoms with Gasteiger partial charge in [0.15, 0.2) is 0 Å². The van der Waals surface area contributed by atoms with Gasteiger partial charge < -0.3 is 9.88 Å². The lowest BCUT2D eigenvalue weighted by atomic mass is 9.89. The van der Waals surface area contributed by atoms with Crippen molar-refractivity contribution in [1.82, 2.24) is 9.47 Å². The molecule has 0 unspecified atom stereocenters. The first kappa shape index (κ1) is 23.3. The van der Waals surface area contributed by atoms with Crippen molar-refractivity contribution < 1.29 is 9.18 Å². The van der Waals surface area contributed by atoms with Gasteiger partial charge in [-0.15, -0.1) is 0 Å². The van der Waals surface area contributed by atoms with E-state index in [2.05, 4.69) is 51.2 Å². The molecule has 4 aromatic rings. The summed E-state index contributed by atoms with van der Waals surface area (Å²) in [7, 11) is 0. The van der Waals surface area contributed by atoms with E-state index in [9.17, 15) is 9.18 Å². The molecule has 4 nitrogen and oxygen atoms in total. The van der Waals surface area contributed by atoms with Gasteiger partial charge in [-0.3, -0.25) is 9.69 Å². The fourth-order valence-electron chi connectivity index (χ4n) is 5.04. The van der Waals surface area contributed by atoms with Crippen LogP contribution in [0.2, 0.25) is 0 Å². The number of nitrogens with zero attached hydrogens (tertiary/aromatic N) is 2. The molecule has 1 aliphatic heterocycles. The molecule has 1 amide bonds. The number of rotatable bonds is 6. The van der Waals surface area contributed by atoms with Gasteiger partial charge in [0.2, 0.25) is 5.91 Å². The summed E-state index contributed by atoms with van der Waals surface area (Å²) >= 11 is 0. The molecule has 35 heavy (non-hydrogen) atoms. The molecule has 1 N–H and O–H groups in total. The summed E-state index contributed by atoms with van der Waals surface area (Å²) in [5.74, 6) is 0.303. The number of nitrogens with one attached hydrogen (secondary N) is 1. The Labute approximate surface area is 206 Å². The van der Waals surface area contributed by atoms with E-state index in [1.54, 1.807) is 12.1 Å². The lowest BCUT2D eigenvalue weighted by Crippen LogP contribution is -2.32. The number of piperidine rings is 1.